The van der Waals surface area contributed by atoms with Gasteiger partial charge in [-0.2, -0.15) is 0 Å². The van der Waals surface area contributed by atoms with Crippen LogP contribution >= 0.6 is 23.5 Å². The van der Waals surface area contributed by atoms with E-state index >= 15 is 0 Å². The van der Waals surface area contributed by atoms with Crippen molar-refractivity contribution in [2.24, 2.45) is 0 Å². The normalized spacial score (nSPS) is 15.0. The van der Waals surface area contributed by atoms with Crippen LogP contribution in [0.4, 0.5) is 9.18 Å². The standard InChI is InChI=1S/C21H19FN2O4S2/c1-28-15-6-8-16(9-7-15)29-13-19(25)23-10-11-24-20(26)18(30-21(24)27)12-14-4-2-3-5-17(14)22/h2-9,12H,10-11,13H2,1H3,(H,23,25)/b18-12-. The van der Waals surface area contributed by atoms with Crippen LogP contribution in [0.3, 0.4) is 0 Å². The minimum atomic E-state index is -0.491. The molecule has 6 nitrogen and oxygen atoms in total. The molecule has 2 aromatic rings. The lowest BCUT2D eigenvalue weighted by Gasteiger charge is -2.13. The minimum Gasteiger partial charge on any atom is -0.497 e. The Morgan fingerprint density at radius 3 is 2.63 bits per heavy atom. The van der Waals surface area contributed by atoms with Gasteiger partial charge in [0.2, 0.25) is 5.91 Å². The molecule has 0 radical (unpaired) electrons. The van der Waals surface area contributed by atoms with Crippen molar-refractivity contribution in [1.82, 2.24) is 10.2 Å². The zero-order chi connectivity index (χ0) is 21.5. The monoisotopic (exact) mass is 446 g/mol. The van der Waals surface area contributed by atoms with Crippen molar-refractivity contribution in [3.63, 3.8) is 0 Å². The smallest absolute Gasteiger partial charge is 0.293 e. The predicted octanol–water partition coefficient (Wildman–Crippen LogP) is 3.78. The van der Waals surface area contributed by atoms with Crippen LogP contribution in [0.25, 0.3) is 6.08 Å². The molecular formula is C21H19FN2O4S2. The maximum absolute atomic E-state index is 13.8. The van der Waals surface area contributed by atoms with Crippen LogP contribution in [0.1, 0.15) is 5.56 Å². The number of rotatable bonds is 8. The van der Waals surface area contributed by atoms with Gasteiger partial charge in [0.05, 0.1) is 17.8 Å². The van der Waals surface area contributed by atoms with E-state index in [2.05, 4.69) is 5.32 Å². The van der Waals surface area contributed by atoms with E-state index in [1.165, 1.54) is 30.0 Å². The van der Waals surface area contributed by atoms with Crippen LogP contribution in [0.15, 0.2) is 58.3 Å². The van der Waals surface area contributed by atoms with Crippen LogP contribution in [0, 0.1) is 5.82 Å². The Balaban J connectivity index is 1.47. The first-order valence-electron chi connectivity index (χ1n) is 9.01. The molecule has 0 unspecified atom stereocenters. The van der Waals surface area contributed by atoms with Gasteiger partial charge >= 0.3 is 0 Å². The second kappa shape index (κ2) is 10.3. The molecule has 1 heterocycles. The van der Waals surface area contributed by atoms with Crippen molar-refractivity contribution in [3.05, 3.63) is 64.8 Å². The molecule has 0 spiro atoms. The summed E-state index contributed by atoms with van der Waals surface area (Å²) in [5, 5.41) is 2.26. The number of carbonyl (C=O) groups is 3. The van der Waals surface area contributed by atoms with Crippen molar-refractivity contribution in [2.75, 3.05) is 26.0 Å². The highest BCUT2D eigenvalue weighted by molar-refractivity contribution is 8.18. The minimum absolute atomic E-state index is 0.0538. The first-order chi connectivity index (χ1) is 14.5. The zero-order valence-electron chi connectivity index (χ0n) is 16.1. The molecule has 0 aromatic heterocycles. The lowest BCUT2D eigenvalue weighted by atomic mass is 10.2. The zero-order valence-corrected chi connectivity index (χ0v) is 17.7. The number of ether oxygens (including phenoxy) is 1. The third kappa shape index (κ3) is 5.64. The lowest BCUT2D eigenvalue weighted by molar-refractivity contribution is -0.123. The summed E-state index contributed by atoms with van der Waals surface area (Å²) in [6.45, 7) is 0.200. The summed E-state index contributed by atoms with van der Waals surface area (Å²) in [4.78, 5) is 38.7. The topological polar surface area (TPSA) is 75.7 Å². The van der Waals surface area contributed by atoms with Gasteiger partial charge in [0.15, 0.2) is 0 Å². The van der Waals surface area contributed by atoms with Crippen molar-refractivity contribution in [1.29, 1.82) is 0 Å². The molecule has 156 valence electrons. The third-order valence-electron chi connectivity index (χ3n) is 4.15. The summed E-state index contributed by atoms with van der Waals surface area (Å²) in [7, 11) is 1.59. The van der Waals surface area contributed by atoms with Crippen LogP contribution < -0.4 is 10.1 Å². The summed E-state index contributed by atoms with van der Waals surface area (Å²) in [6, 6.07) is 13.4. The molecule has 9 heteroatoms. The van der Waals surface area contributed by atoms with E-state index in [1.54, 1.807) is 19.2 Å². The van der Waals surface area contributed by atoms with Crippen molar-refractivity contribution in [3.8, 4) is 5.75 Å². The Labute approximate surface area is 181 Å². The summed E-state index contributed by atoms with van der Waals surface area (Å²) in [5.41, 5.74) is 0.242. The number of hydrogen-bond acceptors (Lipinski definition) is 6. The second-order valence-corrected chi connectivity index (χ2v) is 8.21. The van der Waals surface area contributed by atoms with Gasteiger partial charge in [0, 0.05) is 23.5 Å². The first kappa shape index (κ1) is 21.9. The highest BCUT2D eigenvalue weighted by Crippen LogP contribution is 2.32. The molecule has 0 bridgehead atoms. The Morgan fingerprint density at radius 2 is 1.93 bits per heavy atom. The number of halogens is 1. The number of hydrogen-bond donors (Lipinski definition) is 1. The molecule has 3 rings (SSSR count). The van der Waals surface area contributed by atoms with Gasteiger partial charge in [-0.25, -0.2) is 4.39 Å². The number of imide groups is 1. The van der Waals surface area contributed by atoms with Gasteiger partial charge in [-0.3, -0.25) is 19.3 Å². The Bertz CT molecular complexity index is 979. The van der Waals surface area contributed by atoms with E-state index in [-0.39, 0.29) is 35.2 Å². The van der Waals surface area contributed by atoms with Gasteiger partial charge in [0.25, 0.3) is 11.1 Å². The Kier molecular flexibility index (Phi) is 7.53. The lowest BCUT2D eigenvalue weighted by Crippen LogP contribution is -2.37. The van der Waals surface area contributed by atoms with Crippen molar-refractivity contribution >= 4 is 46.7 Å². The van der Waals surface area contributed by atoms with Gasteiger partial charge in [-0.05, 0) is 48.2 Å². The fourth-order valence-electron chi connectivity index (χ4n) is 2.61. The van der Waals surface area contributed by atoms with Crippen LogP contribution in [-0.2, 0) is 9.59 Å². The fourth-order valence-corrected chi connectivity index (χ4v) is 4.19. The molecule has 30 heavy (non-hydrogen) atoms. The first-order valence-corrected chi connectivity index (χ1v) is 10.8. The highest BCUT2D eigenvalue weighted by atomic mass is 32.2. The Morgan fingerprint density at radius 1 is 1.20 bits per heavy atom. The third-order valence-corrected chi connectivity index (χ3v) is 6.07. The number of thioether (sulfide) groups is 2. The summed E-state index contributed by atoms with van der Waals surface area (Å²) < 4.78 is 18.9. The van der Waals surface area contributed by atoms with Crippen molar-refractivity contribution < 1.29 is 23.5 Å². The SMILES string of the molecule is COc1ccc(SCC(=O)NCCN2C(=O)S/C(=C\c3ccccc3F)C2=O)cc1. The van der Waals surface area contributed by atoms with E-state index in [0.29, 0.717) is 0 Å². The molecule has 0 atom stereocenters. The largest absolute Gasteiger partial charge is 0.497 e. The Hall–Kier alpha value is -2.78. The summed E-state index contributed by atoms with van der Waals surface area (Å²) in [6.07, 6.45) is 1.37. The predicted molar refractivity (Wildman–Crippen MR) is 116 cm³/mol. The summed E-state index contributed by atoms with van der Waals surface area (Å²) >= 11 is 2.13. The maximum Gasteiger partial charge on any atom is 0.293 e. The van der Waals surface area contributed by atoms with E-state index in [0.717, 1.165) is 27.3 Å². The van der Waals surface area contributed by atoms with Crippen LogP contribution in [0.2, 0.25) is 0 Å². The van der Waals surface area contributed by atoms with E-state index < -0.39 is 17.0 Å². The average Bonchev–Trinajstić information content (AvgIpc) is 3.01. The molecule has 1 aliphatic heterocycles. The van der Waals surface area contributed by atoms with Crippen LogP contribution in [0.5, 0.6) is 5.75 Å². The molecule has 1 N–H and O–H groups in total. The van der Waals surface area contributed by atoms with Crippen LogP contribution in [-0.4, -0.2) is 47.9 Å². The number of nitrogens with one attached hydrogen (secondary N) is 1. The van der Waals surface area contributed by atoms with Gasteiger partial charge < -0.3 is 10.1 Å². The van der Waals surface area contributed by atoms with Gasteiger partial charge in [0.1, 0.15) is 11.6 Å². The summed E-state index contributed by atoms with van der Waals surface area (Å²) in [5.74, 6) is -0.211. The number of benzene rings is 2. The van der Waals surface area contributed by atoms with Gasteiger partial charge in [-0.15, -0.1) is 11.8 Å². The molecule has 0 saturated carbocycles. The quantitative estimate of drug-likeness (QED) is 0.491. The van der Waals surface area contributed by atoms with Crippen molar-refractivity contribution in [2.45, 2.75) is 4.90 Å². The van der Waals surface area contributed by atoms with E-state index in [9.17, 15) is 18.8 Å². The van der Waals surface area contributed by atoms with E-state index in [1.807, 2.05) is 24.3 Å². The number of nitrogens with zero attached hydrogens (tertiary/aromatic N) is 1. The molecule has 0 aliphatic carbocycles. The second-order valence-electron chi connectivity index (χ2n) is 6.17. The molecule has 1 saturated heterocycles. The molecular weight excluding hydrogens is 427 g/mol. The van der Waals surface area contributed by atoms with Gasteiger partial charge in [-0.1, -0.05) is 18.2 Å². The number of carbonyl (C=O) groups excluding carboxylic acids is 3. The van der Waals surface area contributed by atoms with E-state index in [4.69, 9.17) is 4.74 Å². The number of methoxy groups -OCH3 is 1. The fraction of sp³-hybridized carbons (Fsp3) is 0.190. The molecule has 2 aromatic carbocycles. The number of amides is 3. The molecule has 3 amide bonds. The molecule has 1 aliphatic rings. The average molecular weight is 447 g/mol. The molecule has 1 fully saturated rings. The maximum atomic E-state index is 13.8. The highest BCUT2D eigenvalue weighted by Gasteiger charge is 2.34.